The first-order chi connectivity index (χ1) is 10.4. The molecule has 1 N–H and O–H groups in total. The first kappa shape index (κ1) is 14.9. The van der Waals surface area contributed by atoms with Crippen molar-refractivity contribution in [1.82, 2.24) is 15.2 Å². The monoisotopic (exact) mass is 289 g/mol. The Bertz CT molecular complexity index is 411. The van der Waals surface area contributed by atoms with Crippen molar-refractivity contribution < 1.29 is 4.74 Å². The normalized spacial score (nSPS) is 23.0. The number of pyridine rings is 1. The molecule has 4 nitrogen and oxygen atoms in total. The molecule has 0 aromatic carbocycles. The molecule has 1 aromatic rings. The zero-order valence-corrected chi connectivity index (χ0v) is 12.9. The highest BCUT2D eigenvalue weighted by Gasteiger charge is 2.38. The second-order valence-electron chi connectivity index (χ2n) is 6.35. The van der Waals surface area contributed by atoms with Gasteiger partial charge < -0.3 is 10.1 Å². The summed E-state index contributed by atoms with van der Waals surface area (Å²) in [5.74, 6) is 0. The highest BCUT2D eigenvalue weighted by Crippen LogP contribution is 2.30. The Balaban J connectivity index is 1.59. The lowest BCUT2D eigenvalue weighted by molar-refractivity contribution is -0.0358. The average Bonchev–Trinajstić information content (AvgIpc) is 2.58. The third-order valence-corrected chi connectivity index (χ3v) is 4.96. The lowest BCUT2D eigenvalue weighted by atomic mass is 9.86. The van der Waals surface area contributed by atoms with E-state index in [0.29, 0.717) is 5.54 Å². The summed E-state index contributed by atoms with van der Waals surface area (Å²) in [6.45, 7) is 6.30. The molecule has 0 aliphatic carbocycles. The van der Waals surface area contributed by atoms with Crippen molar-refractivity contribution in [1.29, 1.82) is 0 Å². The zero-order valence-electron chi connectivity index (χ0n) is 12.9. The van der Waals surface area contributed by atoms with Crippen LogP contribution in [0.15, 0.2) is 24.5 Å². The molecular formula is C17H27N3O. The van der Waals surface area contributed by atoms with E-state index in [1.54, 1.807) is 0 Å². The summed E-state index contributed by atoms with van der Waals surface area (Å²) in [5, 5.41) is 3.67. The highest BCUT2D eigenvalue weighted by molar-refractivity contribution is 5.08. The van der Waals surface area contributed by atoms with Crippen LogP contribution in [-0.4, -0.2) is 48.3 Å². The average molecular weight is 289 g/mol. The lowest BCUT2D eigenvalue weighted by Gasteiger charge is -2.48. The second-order valence-corrected chi connectivity index (χ2v) is 6.35. The molecule has 3 heterocycles. The number of nitrogens with zero attached hydrogens (tertiary/aromatic N) is 2. The molecule has 2 saturated heterocycles. The van der Waals surface area contributed by atoms with Crippen LogP contribution in [0.4, 0.5) is 0 Å². The Kier molecular flexibility index (Phi) is 5.22. The molecule has 0 spiro atoms. The van der Waals surface area contributed by atoms with E-state index in [1.165, 1.54) is 37.9 Å². The minimum atomic E-state index is 0.306. The second kappa shape index (κ2) is 7.34. The lowest BCUT2D eigenvalue weighted by Crippen LogP contribution is -2.59. The van der Waals surface area contributed by atoms with Gasteiger partial charge in [0.25, 0.3) is 0 Å². The molecule has 2 aliphatic rings. The fourth-order valence-electron chi connectivity index (χ4n) is 3.67. The molecule has 0 bridgehead atoms. The first-order valence-electron chi connectivity index (χ1n) is 8.32. The summed E-state index contributed by atoms with van der Waals surface area (Å²) in [5.41, 5.74) is 1.57. The molecule has 4 heteroatoms. The van der Waals surface area contributed by atoms with E-state index >= 15 is 0 Å². The maximum atomic E-state index is 5.62. The maximum Gasteiger partial charge on any atom is 0.0484 e. The topological polar surface area (TPSA) is 37.4 Å². The first-order valence-corrected chi connectivity index (χ1v) is 8.32. The predicted molar refractivity (Wildman–Crippen MR) is 84.2 cm³/mol. The van der Waals surface area contributed by atoms with Crippen LogP contribution < -0.4 is 5.32 Å². The molecule has 116 valence electrons. The van der Waals surface area contributed by atoms with Gasteiger partial charge in [-0.05, 0) is 50.4 Å². The number of ether oxygens (including phenoxy) is 1. The number of hydrogen-bond donors (Lipinski definition) is 1. The van der Waals surface area contributed by atoms with Gasteiger partial charge in [0.1, 0.15) is 0 Å². The molecule has 3 rings (SSSR count). The van der Waals surface area contributed by atoms with Gasteiger partial charge in [-0.3, -0.25) is 9.88 Å². The SMILES string of the molecule is c1cncc(CNCC2(N3CCCCC3)CCOCC2)c1. The summed E-state index contributed by atoms with van der Waals surface area (Å²) < 4.78 is 5.62. The van der Waals surface area contributed by atoms with Gasteiger partial charge in [0.15, 0.2) is 0 Å². The molecule has 0 amide bonds. The maximum absolute atomic E-state index is 5.62. The molecule has 2 aliphatic heterocycles. The van der Waals surface area contributed by atoms with Crippen LogP contribution in [0.5, 0.6) is 0 Å². The molecule has 2 fully saturated rings. The molecule has 0 saturated carbocycles. The van der Waals surface area contributed by atoms with Crippen LogP contribution in [0.25, 0.3) is 0 Å². The van der Waals surface area contributed by atoms with Gasteiger partial charge in [-0.15, -0.1) is 0 Å². The number of likely N-dealkylation sites (tertiary alicyclic amines) is 1. The van der Waals surface area contributed by atoms with Crippen LogP contribution in [0.2, 0.25) is 0 Å². The number of aromatic nitrogens is 1. The van der Waals surface area contributed by atoms with Gasteiger partial charge >= 0.3 is 0 Å². The van der Waals surface area contributed by atoms with Crippen molar-refractivity contribution in [3.63, 3.8) is 0 Å². The molecule has 1 aromatic heterocycles. The molecule has 0 radical (unpaired) electrons. The van der Waals surface area contributed by atoms with Crippen LogP contribution in [-0.2, 0) is 11.3 Å². The van der Waals surface area contributed by atoms with Gasteiger partial charge in [0, 0.05) is 44.2 Å². The van der Waals surface area contributed by atoms with E-state index in [0.717, 1.165) is 39.1 Å². The van der Waals surface area contributed by atoms with E-state index in [4.69, 9.17) is 4.74 Å². The number of piperidine rings is 1. The fraction of sp³-hybridized carbons (Fsp3) is 0.706. The van der Waals surface area contributed by atoms with E-state index in [2.05, 4.69) is 21.3 Å². The van der Waals surface area contributed by atoms with E-state index in [-0.39, 0.29) is 0 Å². The third kappa shape index (κ3) is 3.82. The Morgan fingerprint density at radius 1 is 1.19 bits per heavy atom. The van der Waals surface area contributed by atoms with Crippen molar-refractivity contribution in [3.05, 3.63) is 30.1 Å². The summed E-state index contributed by atoms with van der Waals surface area (Å²) in [4.78, 5) is 6.92. The number of rotatable bonds is 5. The third-order valence-electron chi connectivity index (χ3n) is 4.96. The zero-order chi connectivity index (χ0) is 14.4. The summed E-state index contributed by atoms with van der Waals surface area (Å²) in [7, 11) is 0. The largest absolute Gasteiger partial charge is 0.381 e. The van der Waals surface area contributed by atoms with Gasteiger partial charge in [0.2, 0.25) is 0 Å². The summed E-state index contributed by atoms with van der Waals surface area (Å²) in [6.07, 6.45) is 10.2. The minimum absolute atomic E-state index is 0.306. The Hall–Kier alpha value is -0.970. The quantitative estimate of drug-likeness (QED) is 0.902. The van der Waals surface area contributed by atoms with Crippen LogP contribution in [0, 0.1) is 0 Å². The Morgan fingerprint density at radius 2 is 2.00 bits per heavy atom. The van der Waals surface area contributed by atoms with Gasteiger partial charge in [-0.1, -0.05) is 12.5 Å². The Labute approximate surface area is 127 Å². The van der Waals surface area contributed by atoms with Crippen molar-refractivity contribution in [3.8, 4) is 0 Å². The highest BCUT2D eigenvalue weighted by atomic mass is 16.5. The van der Waals surface area contributed by atoms with Gasteiger partial charge in [-0.25, -0.2) is 0 Å². The molecular weight excluding hydrogens is 262 g/mol. The van der Waals surface area contributed by atoms with E-state index in [1.807, 2.05) is 18.5 Å². The summed E-state index contributed by atoms with van der Waals surface area (Å²) in [6, 6.07) is 4.14. The van der Waals surface area contributed by atoms with Crippen LogP contribution >= 0.6 is 0 Å². The molecule has 0 atom stereocenters. The van der Waals surface area contributed by atoms with E-state index in [9.17, 15) is 0 Å². The van der Waals surface area contributed by atoms with E-state index < -0.39 is 0 Å². The predicted octanol–water partition coefficient (Wildman–Crippen LogP) is 2.21. The van der Waals surface area contributed by atoms with Crippen molar-refractivity contribution in [2.45, 2.75) is 44.2 Å². The fourth-order valence-corrected chi connectivity index (χ4v) is 3.67. The van der Waals surface area contributed by atoms with Crippen molar-refractivity contribution >= 4 is 0 Å². The Morgan fingerprint density at radius 3 is 2.71 bits per heavy atom. The standard InChI is InChI=1S/C17H27N3O/c1-2-9-20(10-3-1)17(6-11-21-12-7-17)15-19-14-16-5-4-8-18-13-16/h4-5,8,13,19H,1-3,6-7,9-12,14-15H2. The smallest absolute Gasteiger partial charge is 0.0484 e. The van der Waals surface area contributed by atoms with Gasteiger partial charge in [0.05, 0.1) is 0 Å². The summed E-state index contributed by atoms with van der Waals surface area (Å²) >= 11 is 0. The molecule has 0 unspecified atom stereocenters. The van der Waals surface area contributed by atoms with Crippen molar-refractivity contribution in [2.75, 3.05) is 32.8 Å². The number of nitrogens with one attached hydrogen (secondary N) is 1. The van der Waals surface area contributed by atoms with Crippen LogP contribution in [0.1, 0.15) is 37.7 Å². The van der Waals surface area contributed by atoms with Crippen molar-refractivity contribution in [2.24, 2.45) is 0 Å². The van der Waals surface area contributed by atoms with Gasteiger partial charge in [-0.2, -0.15) is 0 Å². The minimum Gasteiger partial charge on any atom is -0.381 e. The van der Waals surface area contributed by atoms with Crippen LogP contribution in [0.3, 0.4) is 0 Å². The number of hydrogen-bond acceptors (Lipinski definition) is 4. The molecule has 21 heavy (non-hydrogen) atoms.